The largest absolute Gasteiger partial charge is 0.494 e. The number of rotatable bonds is 8. The molecule has 0 unspecified atom stereocenters. The Hall–Kier alpha value is -1.62. The lowest BCUT2D eigenvalue weighted by Crippen LogP contribution is -2.27. The minimum atomic E-state index is -0.417. The molecule has 0 amide bonds. The predicted molar refractivity (Wildman–Crippen MR) is 71.0 cm³/mol. The molecule has 0 radical (unpaired) electrons. The van der Waals surface area contributed by atoms with Gasteiger partial charge in [0.25, 0.3) is 5.69 Å². The molecule has 0 aliphatic carbocycles. The highest BCUT2D eigenvalue weighted by atomic mass is 16.6. The van der Waals surface area contributed by atoms with E-state index in [2.05, 4.69) is 19.2 Å². The van der Waals surface area contributed by atoms with E-state index < -0.39 is 4.92 Å². The number of hydrogen-bond donors (Lipinski definition) is 1. The minimum absolute atomic E-state index is 0.0841. The summed E-state index contributed by atoms with van der Waals surface area (Å²) >= 11 is 0. The van der Waals surface area contributed by atoms with E-state index in [0.29, 0.717) is 18.4 Å². The number of nitro groups is 1. The van der Waals surface area contributed by atoms with Gasteiger partial charge >= 0.3 is 0 Å². The molecular formula is C13H20N2O3. The summed E-state index contributed by atoms with van der Waals surface area (Å²) in [5.41, 5.74) is 0.0841. The van der Waals surface area contributed by atoms with Gasteiger partial charge in [0.1, 0.15) is 5.75 Å². The van der Waals surface area contributed by atoms with E-state index >= 15 is 0 Å². The van der Waals surface area contributed by atoms with Crippen LogP contribution < -0.4 is 10.1 Å². The van der Waals surface area contributed by atoms with Gasteiger partial charge in [-0.25, -0.2) is 0 Å². The van der Waals surface area contributed by atoms with E-state index in [4.69, 9.17) is 4.74 Å². The Morgan fingerprint density at radius 2 is 2.06 bits per heavy atom. The summed E-state index contributed by atoms with van der Waals surface area (Å²) in [5.74, 6) is 0.670. The van der Waals surface area contributed by atoms with Crippen LogP contribution in [0.3, 0.4) is 0 Å². The van der Waals surface area contributed by atoms with Crippen LogP contribution in [0.5, 0.6) is 5.75 Å². The van der Waals surface area contributed by atoms with Crippen LogP contribution in [0, 0.1) is 10.1 Å². The molecule has 1 aromatic carbocycles. The molecule has 1 N–H and O–H groups in total. The van der Waals surface area contributed by atoms with Gasteiger partial charge < -0.3 is 10.1 Å². The Morgan fingerprint density at radius 1 is 1.39 bits per heavy atom. The molecule has 0 fully saturated rings. The van der Waals surface area contributed by atoms with Crippen molar-refractivity contribution in [2.45, 2.75) is 32.7 Å². The van der Waals surface area contributed by atoms with Crippen molar-refractivity contribution in [2.24, 2.45) is 0 Å². The molecule has 1 rings (SSSR count). The van der Waals surface area contributed by atoms with E-state index in [1.807, 2.05) is 0 Å². The molecule has 18 heavy (non-hydrogen) atoms. The molecule has 5 nitrogen and oxygen atoms in total. The normalized spacial score (nSPS) is 12.1. The molecule has 0 bridgehead atoms. The van der Waals surface area contributed by atoms with Crippen molar-refractivity contribution < 1.29 is 9.66 Å². The third-order valence-electron chi connectivity index (χ3n) is 2.74. The van der Waals surface area contributed by atoms with Crippen LogP contribution in [0.1, 0.15) is 26.7 Å². The van der Waals surface area contributed by atoms with Gasteiger partial charge in [-0.3, -0.25) is 10.1 Å². The van der Waals surface area contributed by atoms with E-state index in [-0.39, 0.29) is 5.69 Å². The standard InChI is InChI=1S/C13H20N2O3/c1-3-11(2)14-9-4-10-18-13-7-5-12(6-8-13)15(16)17/h5-8,11,14H,3-4,9-10H2,1-2H3/t11-/m0/s1. The lowest BCUT2D eigenvalue weighted by molar-refractivity contribution is -0.384. The van der Waals surface area contributed by atoms with Gasteiger partial charge in [0.15, 0.2) is 0 Å². The molecular weight excluding hydrogens is 232 g/mol. The topological polar surface area (TPSA) is 64.4 Å². The van der Waals surface area contributed by atoms with Gasteiger partial charge in [-0.15, -0.1) is 0 Å². The molecule has 1 aromatic rings. The molecule has 0 aliphatic heterocycles. The van der Waals surface area contributed by atoms with Crippen molar-refractivity contribution in [3.63, 3.8) is 0 Å². The first-order valence-corrected chi connectivity index (χ1v) is 6.24. The third kappa shape index (κ3) is 5.14. The summed E-state index contributed by atoms with van der Waals surface area (Å²) in [5, 5.41) is 13.8. The second-order valence-corrected chi connectivity index (χ2v) is 4.22. The molecule has 100 valence electrons. The highest BCUT2D eigenvalue weighted by Crippen LogP contribution is 2.17. The Bertz CT molecular complexity index is 365. The van der Waals surface area contributed by atoms with Gasteiger partial charge in [0, 0.05) is 18.2 Å². The van der Waals surface area contributed by atoms with Crippen LogP contribution in [-0.4, -0.2) is 24.1 Å². The van der Waals surface area contributed by atoms with Crippen LogP contribution in [0.4, 0.5) is 5.69 Å². The van der Waals surface area contributed by atoms with Crippen LogP contribution in [0.2, 0.25) is 0 Å². The monoisotopic (exact) mass is 252 g/mol. The number of ether oxygens (including phenoxy) is 1. The highest BCUT2D eigenvalue weighted by Gasteiger charge is 2.04. The fraction of sp³-hybridized carbons (Fsp3) is 0.538. The Morgan fingerprint density at radius 3 is 2.61 bits per heavy atom. The molecule has 0 saturated heterocycles. The first-order valence-electron chi connectivity index (χ1n) is 6.24. The van der Waals surface area contributed by atoms with Gasteiger partial charge in [-0.2, -0.15) is 0 Å². The second kappa shape index (κ2) is 7.66. The second-order valence-electron chi connectivity index (χ2n) is 4.22. The van der Waals surface area contributed by atoms with E-state index in [1.54, 1.807) is 12.1 Å². The lowest BCUT2D eigenvalue weighted by Gasteiger charge is -2.11. The molecule has 1 atom stereocenters. The van der Waals surface area contributed by atoms with Gasteiger partial charge in [-0.05, 0) is 38.4 Å². The Labute approximate surface area is 107 Å². The quantitative estimate of drug-likeness (QED) is 0.439. The Kier molecular flexibility index (Phi) is 6.14. The highest BCUT2D eigenvalue weighted by molar-refractivity contribution is 5.35. The Balaban J connectivity index is 2.21. The average Bonchev–Trinajstić information content (AvgIpc) is 2.38. The SMILES string of the molecule is CC[C@H](C)NCCCOc1ccc([N+](=O)[O-])cc1. The van der Waals surface area contributed by atoms with E-state index in [1.165, 1.54) is 12.1 Å². The zero-order valence-electron chi connectivity index (χ0n) is 10.9. The maximum absolute atomic E-state index is 10.5. The number of nitro benzene ring substituents is 1. The number of hydrogen-bond acceptors (Lipinski definition) is 4. The number of benzene rings is 1. The summed E-state index contributed by atoms with van der Waals surface area (Å²) in [6.07, 6.45) is 2.03. The van der Waals surface area contributed by atoms with Gasteiger partial charge in [0.05, 0.1) is 11.5 Å². The van der Waals surface area contributed by atoms with Gasteiger partial charge in [-0.1, -0.05) is 6.92 Å². The van der Waals surface area contributed by atoms with E-state index in [9.17, 15) is 10.1 Å². The zero-order chi connectivity index (χ0) is 13.4. The summed E-state index contributed by atoms with van der Waals surface area (Å²) in [7, 11) is 0. The maximum atomic E-state index is 10.5. The minimum Gasteiger partial charge on any atom is -0.494 e. The average molecular weight is 252 g/mol. The zero-order valence-corrected chi connectivity index (χ0v) is 10.9. The summed E-state index contributed by atoms with van der Waals surface area (Å²) in [6.45, 7) is 5.82. The lowest BCUT2D eigenvalue weighted by atomic mass is 10.2. The molecule has 0 aliphatic rings. The van der Waals surface area contributed by atoms with Crippen LogP contribution in [0.15, 0.2) is 24.3 Å². The number of nitrogens with zero attached hydrogens (tertiary/aromatic N) is 1. The smallest absolute Gasteiger partial charge is 0.269 e. The van der Waals surface area contributed by atoms with Crippen LogP contribution in [0.25, 0.3) is 0 Å². The van der Waals surface area contributed by atoms with Crippen LogP contribution in [-0.2, 0) is 0 Å². The summed E-state index contributed by atoms with van der Waals surface area (Å²) in [4.78, 5) is 10.0. The number of non-ortho nitro benzene ring substituents is 1. The molecule has 0 saturated carbocycles. The first kappa shape index (κ1) is 14.4. The van der Waals surface area contributed by atoms with Crippen molar-refractivity contribution in [1.29, 1.82) is 0 Å². The molecule has 0 aromatic heterocycles. The van der Waals surface area contributed by atoms with Crippen LogP contribution >= 0.6 is 0 Å². The van der Waals surface area contributed by atoms with Crippen molar-refractivity contribution in [1.82, 2.24) is 5.32 Å². The molecule has 0 spiro atoms. The maximum Gasteiger partial charge on any atom is 0.269 e. The predicted octanol–water partition coefficient (Wildman–Crippen LogP) is 2.75. The number of nitrogens with one attached hydrogen (secondary N) is 1. The fourth-order valence-corrected chi connectivity index (χ4v) is 1.42. The third-order valence-corrected chi connectivity index (χ3v) is 2.74. The van der Waals surface area contributed by atoms with Crippen molar-refractivity contribution in [3.8, 4) is 5.75 Å². The summed E-state index contributed by atoms with van der Waals surface area (Å²) < 4.78 is 5.49. The van der Waals surface area contributed by atoms with E-state index in [0.717, 1.165) is 19.4 Å². The van der Waals surface area contributed by atoms with Gasteiger partial charge in [0.2, 0.25) is 0 Å². The summed E-state index contributed by atoms with van der Waals surface area (Å²) in [6, 6.07) is 6.68. The van der Waals surface area contributed by atoms with Crippen molar-refractivity contribution in [3.05, 3.63) is 34.4 Å². The molecule has 5 heteroatoms. The van der Waals surface area contributed by atoms with Crippen molar-refractivity contribution in [2.75, 3.05) is 13.2 Å². The first-order chi connectivity index (χ1) is 8.63. The molecule has 0 heterocycles. The fourth-order valence-electron chi connectivity index (χ4n) is 1.42. The van der Waals surface area contributed by atoms with Crippen molar-refractivity contribution >= 4 is 5.69 Å².